The Morgan fingerprint density at radius 2 is 2.17 bits per heavy atom. The summed E-state index contributed by atoms with van der Waals surface area (Å²) in [7, 11) is 0. The zero-order valence-corrected chi connectivity index (χ0v) is 12.3. The Bertz CT molecular complexity index is 491. The molecule has 3 atom stereocenters. The van der Waals surface area contributed by atoms with E-state index in [1.165, 1.54) is 19.3 Å². The summed E-state index contributed by atoms with van der Waals surface area (Å²) in [5.41, 5.74) is 0.773. The molecule has 0 aromatic heterocycles. The lowest BCUT2D eigenvalue weighted by Crippen LogP contribution is -2.27. The van der Waals surface area contributed by atoms with Gasteiger partial charge in [0.15, 0.2) is 0 Å². The lowest BCUT2D eigenvalue weighted by atomic mass is 9.88. The van der Waals surface area contributed by atoms with Crippen LogP contribution in [0.2, 0.25) is 5.02 Å². The zero-order chi connectivity index (χ0) is 12.7. The van der Waals surface area contributed by atoms with E-state index in [9.17, 15) is 4.79 Å². The second kappa shape index (κ2) is 4.86. The fourth-order valence-corrected chi connectivity index (χ4v) is 3.93. The van der Waals surface area contributed by atoms with Gasteiger partial charge in [-0.3, -0.25) is 4.79 Å². The summed E-state index contributed by atoms with van der Waals surface area (Å²) in [5.74, 6) is 1.75. The van der Waals surface area contributed by atoms with Crippen molar-refractivity contribution in [2.45, 2.75) is 25.7 Å². The molecular formula is C14H15BrClNO. The first-order valence-electron chi connectivity index (χ1n) is 6.40. The van der Waals surface area contributed by atoms with Crippen molar-refractivity contribution in [1.29, 1.82) is 0 Å². The summed E-state index contributed by atoms with van der Waals surface area (Å²) in [4.78, 5) is 12.3. The summed E-state index contributed by atoms with van der Waals surface area (Å²) in [5, 5.41) is 3.63. The van der Waals surface area contributed by atoms with Gasteiger partial charge in [0.25, 0.3) is 0 Å². The largest absolute Gasteiger partial charge is 0.325 e. The average molecular weight is 329 g/mol. The molecule has 0 heterocycles. The maximum Gasteiger partial charge on any atom is 0.227 e. The van der Waals surface area contributed by atoms with Crippen LogP contribution in [0, 0.1) is 17.8 Å². The minimum atomic E-state index is 0.158. The van der Waals surface area contributed by atoms with Crippen LogP contribution >= 0.6 is 27.5 Å². The van der Waals surface area contributed by atoms with Crippen LogP contribution in [0.4, 0.5) is 5.69 Å². The first-order valence-corrected chi connectivity index (χ1v) is 7.57. The highest BCUT2D eigenvalue weighted by Crippen LogP contribution is 2.48. The van der Waals surface area contributed by atoms with Gasteiger partial charge in [-0.1, -0.05) is 24.1 Å². The lowest BCUT2D eigenvalue weighted by Gasteiger charge is -2.21. The van der Waals surface area contributed by atoms with Gasteiger partial charge in [0, 0.05) is 5.92 Å². The zero-order valence-electron chi connectivity index (χ0n) is 9.96. The van der Waals surface area contributed by atoms with Gasteiger partial charge in [0.1, 0.15) is 0 Å². The van der Waals surface area contributed by atoms with Gasteiger partial charge >= 0.3 is 0 Å². The van der Waals surface area contributed by atoms with E-state index in [-0.39, 0.29) is 11.8 Å². The highest BCUT2D eigenvalue weighted by Gasteiger charge is 2.43. The van der Waals surface area contributed by atoms with Gasteiger partial charge in [-0.05, 0) is 59.2 Å². The smallest absolute Gasteiger partial charge is 0.227 e. The van der Waals surface area contributed by atoms with Crippen molar-refractivity contribution in [3.05, 3.63) is 27.7 Å². The number of hydrogen-bond acceptors (Lipinski definition) is 1. The van der Waals surface area contributed by atoms with Crippen molar-refractivity contribution in [2.24, 2.45) is 17.8 Å². The molecule has 1 aromatic carbocycles. The predicted octanol–water partition coefficient (Wildman–Crippen LogP) is 4.48. The molecule has 2 aliphatic carbocycles. The van der Waals surface area contributed by atoms with Crippen molar-refractivity contribution >= 4 is 39.1 Å². The number of hydrogen-bond donors (Lipinski definition) is 1. The molecule has 1 amide bonds. The molecular weight excluding hydrogens is 314 g/mol. The average Bonchev–Trinajstić information content (AvgIpc) is 2.97. The second-order valence-corrected chi connectivity index (χ2v) is 6.57. The minimum Gasteiger partial charge on any atom is -0.325 e. The lowest BCUT2D eigenvalue weighted by molar-refractivity contribution is -0.121. The van der Waals surface area contributed by atoms with Crippen LogP contribution in [-0.2, 0) is 4.79 Å². The second-order valence-electron chi connectivity index (χ2n) is 5.37. The first kappa shape index (κ1) is 12.5. The molecule has 2 bridgehead atoms. The quantitative estimate of drug-likeness (QED) is 0.852. The van der Waals surface area contributed by atoms with Gasteiger partial charge in [-0.2, -0.15) is 0 Å². The van der Waals surface area contributed by atoms with Crippen LogP contribution in [0.5, 0.6) is 0 Å². The maximum absolute atomic E-state index is 12.3. The SMILES string of the molecule is O=C(Nc1cccc(Cl)c1Br)C1CC2CCC1C2. The number of benzene rings is 1. The molecule has 3 unspecified atom stereocenters. The van der Waals surface area contributed by atoms with Crippen LogP contribution < -0.4 is 5.32 Å². The van der Waals surface area contributed by atoms with Crippen molar-refractivity contribution in [3.63, 3.8) is 0 Å². The number of rotatable bonds is 2. The molecule has 2 saturated carbocycles. The van der Waals surface area contributed by atoms with Crippen molar-refractivity contribution < 1.29 is 4.79 Å². The monoisotopic (exact) mass is 327 g/mol. The van der Waals surface area contributed by atoms with Gasteiger partial charge in [0.05, 0.1) is 15.2 Å². The van der Waals surface area contributed by atoms with E-state index in [4.69, 9.17) is 11.6 Å². The number of anilines is 1. The maximum atomic E-state index is 12.3. The molecule has 2 aliphatic rings. The Morgan fingerprint density at radius 1 is 1.33 bits per heavy atom. The van der Waals surface area contributed by atoms with Crippen LogP contribution in [0.15, 0.2) is 22.7 Å². The van der Waals surface area contributed by atoms with E-state index in [0.717, 1.165) is 22.5 Å². The Labute approximate surface area is 120 Å². The van der Waals surface area contributed by atoms with E-state index < -0.39 is 0 Å². The van der Waals surface area contributed by atoms with E-state index in [2.05, 4.69) is 21.2 Å². The summed E-state index contributed by atoms with van der Waals surface area (Å²) in [6.45, 7) is 0. The fraction of sp³-hybridized carbons (Fsp3) is 0.500. The molecule has 1 aromatic rings. The topological polar surface area (TPSA) is 29.1 Å². The Hall–Kier alpha value is -0.540. The molecule has 1 N–H and O–H groups in total. The molecule has 96 valence electrons. The van der Waals surface area contributed by atoms with E-state index in [1.54, 1.807) is 6.07 Å². The number of halogens is 2. The summed E-state index contributed by atoms with van der Waals surface area (Å²) in [6.07, 6.45) is 4.85. The number of carbonyl (C=O) groups excluding carboxylic acids is 1. The molecule has 18 heavy (non-hydrogen) atoms. The summed E-state index contributed by atoms with van der Waals surface area (Å²) < 4.78 is 0.767. The van der Waals surface area contributed by atoms with Gasteiger partial charge < -0.3 is 5.32 Å². The van der Waals surface area contributed by atoms with Crippen LogP contribution in [-0.4, -0.2) is 5.91 Å². The predicted molar refractivity (Wildman–Crippen MR) is 76.7 cm³/mol. The summed E-state index contributed by atoms with van der Waals surface area (Å²) >= 11 is 9.43. The molecule has 0 aliphatic heterocycles. The Balaban J connectivity index is 1.73. The molecule has 0 spiro atoms. The highest BCUT2D eigenvalue weighted by molar-refractivity contribution is 9.10. The third kappa shape index (κ3) is 2.19. The van der Waals surface area contributed by atoms with Crippen molar-refractivity contribution in [3.8, 4) is 0 Å². The van der Waals surface area contributed by atoms with Crippen LogP contribution in [0.1, 0.15) is 25.7 Å². The van der Waals surface area contributed by atoms with E-state index in [1.807, 2.05) is 12.1 Å². The summed E-state index contributed by atoms with van der Waals surface area (Å²) in [6, 6.07) is 5.53. The number of amides is 1. The molecule has 3 rings (SSSR count). The molecule has 0 radical (unpaired) electrons. The molecule has 2 fully saturated rings. The van der Waals surface area contributed by atoms with Gasteiger partial charge in [0.2, 0.25) is 5.91 Å². The standard InChI is InChI=1S/C14H15BrClNO/c15-13-11(16)2-1-3-12(13)17-14(18)10-7-8-4-5-9(10)6-8/h1-3,8-10H,4-7H2,(H,17,18). The molecule has 4 heteroatoms. The number of nitrogens with one attached hydrogen (secondary N) is 1. The normalized spacial score (nSPS) is 29.6. The van der Waals surface area contributed by atoms with Crippen LogP contribution in [0.3, 0.4) is 0 Å². The van der Waals surface area contributed by atoms with Crippen molar-refractivity contribution in [2.75, 3.05) is 5.32 Å². The van der Waals surface area contributed by atoms with Gasteiger partial charge in [-0.15, -0.1) is 0 Å². The first-order chi connectivity index (χ1) is 8.65. The number of fused-ring (bicyclic) bond motifs is 2. The Kier molecular flexibility index (Phi) is 3.37. The molecule has 2 nitrogen and oxygen atoms in total. The highest BCUT2D eigenvalue weighted by atomic mass is 79.9. The number of carbonyl (C=O) groups is 1. The third-order valence-corrected chi connectivity index (χ3v) is 5.68. The van der Waals surface area contributed by atoms with Crippen LogP contribution in [0.25, 0.3) is 0 Å². The third-order valence-electron chi connectivity index (χ3n) is 4.28. The van der Waals surface area contributed by atoms with E-state index in [0.29, 0.717) is 10.9 Å². The van der Waals surface area contributed by atoms with E-state index >= 15 is 0 Å². The van der Waals surface area contributed by atoms with Gasteiger partial charge in [-0.25, -0.2) is 0 Å². The minimum absolute atomic E-state index is 0.158. The molecule has 0 saturated heterocycles. The Morgan fingerprint density at radius 3 is 2.83 bits per heavy atom. The van der Waals surface area contributed by atoms with Crippen molar-refractivity contribution in [1.82, 2.24) is 0 Å². The fourth-order valence-electron chi connectivity index (χ4n) is 3.39.